The second-order valence-electron chi connectivity index (χ2n) is 5.21. The lowest BCUT2D eigenvalue weighted by molar-refractivity contribution is -0.00600. The average molecular weight is 237 g/mol. The fourth-order valence-electron chi connectivity index (χ4n) is 2.42. The molecule has 0 saturated carbocycles. The van der Waals surface area contributed by atoms with Crippen LogP contribution in [0.1, 0.15) is 38.3 Å². The van der Waals surface area contributed by atoms with Crippen molar-refractivity contribution in [3.8, 4) is 0 Å². The third kappa shape index (κ3) is 2.67. The summed E-state index contributed by atoms with van der Waals surface area (Å²) < 4.78 is 18.7. The highest BCUT2D eigenvalue weighted by atomic mass is 19.1. The van der Waals surface area contributed by atoms with Gasteiger partial charge in [0, 0.05) is 19.2 Å². The zero-order chi connectivity index (χ0) is 12.5. The minimum Gasteiger partial charge on any atom is -0.377 e. The summed E-state index contributed by atoms with van der Waals surface area (Å²) in [5.74, 6) is -0.168. The van der Waals surface area contributed by atoms with Crippen LogP contribution in [0.25, 0.3) is 0 Å². The Balaban J connectivity index is 2.08. The quantitative estimate of drug-likeness (QED) is 0.872. The van der Waals surface area contributed by atoms with Crippen molar-refractivity contribution < 1.29 is 9.13 Å². The first-order valence-electron chi connectivity index (χ1n) is 6.09. The Kier molecular flexibility index (Phi) is 3.50. The van der Waals surface area contributed by atoms with E-state index in [4.69, 9.17) is 4.74 Å². The van der Waals surface area contributed by atoms with E-state index >= 15 is 0 Å². The van der Waals surface area contributed by atoms with E-state index < -0.39 is 0 Å². The SMILES string of the molecule is COC(C)(C)C1CC[C@@H](c2cccc(F)c2)N1. The van der Waals surface area contributed by atoms with Crippen LogP contribution in [0.5, 0.6) is 0 Å². The molecular weight excluding hydrogens is 217 g/mol. The first-order chi connectivity index (χ1) is 8.03. The third-order valence-electron chi connectivity index (χ3n) is 3.76. The molecule has 17 heavy (non-hydrogen) atoms. The molecule has 0 radical (unpaired) electrons. The summed E-state index contributed by atoms with van der Waals surface area (Å²) in [6.45, 7) is 4.16. The third-order valence-corrected chi connectivity index (χ3v) is 3.76. The summed E-state index contributed by atoms with van der Waals surface area (Å²) >= 11 is 0. The monoisotopic (exact) mass is 237 g/mol. The van der Waals surface area contributed by atoms with E-state index in [2.05, 4.69) is 19.2 Å². The van der Waals surface area contributed by atoms with Gasteiger partial charge in [-0.05, 0) is 44.4 Å². The van der Waals surface area contributed by atoms with Crippen LogP contribution in [0, 0.1) is 5.82 Å². The van der Waals surface area contributed by atoms with Crippen LogP contribution in [0.2, 0.25) is 0 Å². The highest BCUT2D eigenvalue weighted by molar-refractivity contribution is 5.21. The second-order valence-corrected chi connectivity index (χ2v) is 5.21. The maximum atomic E-state index is 13.2. The number of methoxy groups -OCH3 is 1. The van der Waals surface area contributed by atoms with Gasteiger partial charge < -0.3 is 10.1 Å². The second kappa shape index (κ2) is 4.75. The van der Waals surface area contributed by atoms with Gasteiger partial charge >= 0.3 is 0 Å². The summed E-state index contributed by atoms with van der Waals surface area (Å²) in [6.07, 6.45) is 2.09. The molecule has 94 valence electrons. The van der Waals surface area contributed by atoms with Crippen molar-refractivity contribution in [2.75, 3.05) is 7.11 Å². The molecule has 0 spiro atoms. The molecule has 3 heteroatoms. The molecule has 1 heterocycles. The average Bonchev–Trinajstić information content (AvgIpc) is 2.79. The summed E-state index contributed by atoms with van der Waals surface area (Å²) in [7, 11) is 1.73. The first kappa shape index (κ1) is 12.5. The molecule has 2 rings (SSSR count). The highest BCUT2D eigenvalue weighted by Gasteiger charge is 2.36. The van der Waals surface area contributed by atoms with Crippen molar-refractivity contribution in [3.63, 3.8) is 0 Å². The fourth-order valence-corrected chi connectivity index (χ4v) is 2.42. The number of hydrogen-bond donors (Lipinski definition) is 1. The highest BCUT2D eigenvalue weighted by Crippen LogP contribution is 2.32. The van der Waals surface area contributed by atoms with Crippen molar-refractivity contribution in [3.05, 3.63) is 35.6 Å². The van der Waals surface area contributed by atoms with E-state index in [0.717, 1.165) is 18.4 Å². The van der Waals surface area contributed by atoms with Crippen LogP contribution in [0.15, 0.2) is 24.3 Å². The van der Waals surface area contributed by atoms with Gasteiger partial charge in [-0.1, -0.05) is 12.1 Å². The van der Waals surface area contributed by atoms with E-state index in [-0.39, 0.29) is 17.5 Å². The number of benzene rings is 1. The summed E-state index contributed by atoms with van der Waals surface area (Å²) in [5.41, 5.74) is 0.849. The normalized spacial score (nSPS) is 25.2. The van der Waals surface area contributed by atoms with Crippen molar-refractivity contribution in [2.24, 2.45) is 0 Å². The molecule has 0 aromatic heterocycles. The van der Waals surface area contributed by atoms with Crippen molar-refractivity contribution >= 4 is 0 Å². The summed E-state index contributed by atoms with van der Waals surface area (Å²) in [4.78, 5) is 0. The number of hydrogen-bond acceptors (Lipinski definition) is 2. The molecule has 0 amide bonds. The molecule has 2 atom stereocenters. The minimum atomic E-state index is -0.178. The lowest BCUT2D eigenvalue weighted by Crippen LogP contribution is -2.44. The molecule has 2 nitrogen and oxygen atoms in total. The van der Waals surface area contributed by atoms with E-state index in [1.54, 1.807) is 19.2 Å². The van der Waals surface area contributed by atoms with Gasteiger partial charge in [-0.2, -0.15) is 0 Å². The van der Waals surface area contributed by atoms with E-state index in [0.29, 0.717) is 6.04 Å². The molecule has 0 aliphatic carbocycles. The molecule has 1 aliphatic rings. The molecule has 1 N–H and O–H groups in total. The molecule has 0 bridgehead atoms. The lowest BCUT2D eigenvalue weighted by atomic mass is 9.97. The zero-order valence-corrected chi connectivity index (χ0v) is 10.7. The van der Waals surface area contributed by atoms with Gasteiger partial charge in [-0.15, -0.1) is 0 Å². The number of ether oxygens (including phenoxy) is 1. The summed E-state index contributed by atoms with van der Waals surface area (Å²) in [5, 5.41) is 3.53. The van der Waals surface area contributed by atoms with Crippen LogP contribution in [-0.2, 0) is 4.74 Å². The molecule has 1 aromatic carbocycles. The van der Waals surface area contributed by atoms with Crippen molar-refractivity contribution in [1.29, 1.82) is 0 Å². The van der Waals surface area contributed by atoms with Gasteiger partial charge in [0.15, 0.2) is 0 Å². The standard InChI is InChI=1S/C14H20FNO/c1-14(2,17-3)13-8-7-12(16-13)10-5-4-6-11(15)9-10/h4-6,9,12-13,16H,7-8H2,1-3H3/t12-,13?/m0/s1. The van der Waals surface area contributed by atoms with Crippen molar-refractivity contribution in [1.82, 2.24) is 5.32 Å². The van der Waals surface area contributed by atoms with Crippen LogP contribution >= 0.6 is 0 Å². The van der Waals surface area contributed by atoms with Gasteiger partial charge in [0.2, 0.25) is 0 Å². The largest absolute Gasteiger partial charge is 0.377 e. The van der Waals surface area contributed by atoms with Gasteiger partial charge in [-0.25, -0.2) is 4.39 Å². The Morgan fingerprint density at radius 3 is 2.76 bits per heavy atom. The summed E-state index contributed by atoms with van der Waals surface area (Å²) in [6, 6.07) is 7.39. The van der Waals surface area contributed by atoms with E-state index in [1.807, 2.05) is 6.07 Å². The smallest absolute Gasteiger partial charge is 0.123 e. The topological polar surface area (TPSA) is 21.3 Å². The maximum absolute atomic E-state index is 13.2. The van der Waals surface area contributed by atoms with Gasteiger partial charge in [0.1, 0.15) is 5.82 Å². The molecule has 1 aliphatic heterocycles. The Morgan fingerprint density at radius 1 is 1.35 bits per heavy atom. The number of rotatable bonds is 3. The number of halogens is 1. The predicted octanol–water partition coefficient (Wildman–Crippen LogP) is 3.04. The fraction of sp³-hybridized carbons (Fsp3) is 0.571. The van der Waals surface area contributed by atoms with Crippen LogP contribution < -0.4 is 5.32 Å². The molecule has 1 saturated heterocycles. The first-order valence-corrected chi connectivity index (χ1v) is 6.09. The predicted molar refractivity (Wildman–Crippen MR) is 66.4 cm³/mol. The van der Waals surface area contributed by atoms with Crippen molar-refractivity contribution in [2.45, 2.75) is 44.4 Å². The number of nitrogens with one attached hydrogen (secondary N) is 1. The van der Waals surface area contributed by atoms with E-state index in [1.165, 1.54) is 6.07 Å². The van der Waals surface area contributed by atoms with Crippen LogP contribution in [0.4, 0.5) is 4.39 Å². The van der Waals surface area contributed by atoms with Gasteiger partial charge in [0.05, 0.1) is 5.60 Å². The van der Waals surface area contributed by atoms with Gasteiger partial charge in [-0.3, -0.25) is 0 Å². The lowest BCUT2D eigenvalue weighted by Gasteiger charge is -2.31. The zero-order valence-electron chi connectivity index (χ0n) is 10.7. The minimum absolute atomic E-state index is 0.168. The molecular formula is C14H20FNO. The maximum Gasteiger partial charge on any atom is 0.123 e. The molecule has 1 aromatic rings. The van der Waals surface area contributed by atoms with Crippen LogP contribution in [0.3, 0.4) is 0 Å². The Bertz CT molecular complexity index is 392. The Labute approximate surface area is 102 Å². The Morgan fingerprint density at radius 2 is 2.12 bits per heavy atom. The van der Waals surface area contributed by atoms with E-state index in [9.17, 15) is 4.39 Å². The Hall–Kier alpha value is -0.930. The van der Waals surface area contributed by atoms with Gasteiger partial charge in [0.25, 0.3) is 0 Å². The molecule has 1 unspecified atom stereocenters. The molecule has 1 fully saturated rings. The van der Waals surface area contributed by atoms with Crippen LogP contribution in [-0.4, -0.2) is 18.8 Å².